The van der Waals surface area contributed by atoms with Crippen LogP contribution >= 0.6 is 0 Å². The predicted octanol–water partition coefficient (Wildman–Crippen LogP) is 3.08. The largest absolute Gasteiger partial charge is 0.434 e. The highest BCUT2D eigenvalue weighted by atomic mass is 16.5. The molecule has 86 valence electrons. The molecule has 0 N–H and O–H groups in total. The van der Waals surface area contributed by atoms with Crippen LogP contribution in [0.5, 0.6) is 0 Å². The highest BCUT2D eigenvalue weighted by Crippen LogP contribution is 2.24. The van der Waals surface area contributed by atoms with Gasteiger partial charge in [-0.1, -0.05) is 34.1 Å². The van der Waals surface area contributed by atoms with Crippen LogP contribution in [-0.2, 0) is 9.31 Å². The van der Waals surface area contributed by atoms with Gasteiger partial charge in [-0.25, -0.2) is 0 Å². The molecule has 1 aliphatic rings. The van der Waals surface area contributed by atoms with Crippen molar-refractivity contribution in [3.8, 4) is 0 Å². The predicted molar refractivity (Wildman–Crippen MR) is 67.4 cm³/mol. The van der Waals surface area contributed by atoms with E-state index in [1.165, 1.54) is 6.42 Å². The minimum Gasteiger partial charge on any atom is -0.434 e. The molecular formula is C11H24B2O2. The van der Waals surface area contributed by atoms with Crippen LogP contribution in [-0.4, -0.2) is 25.8 Å². The van der Waals surface area contributed by atoms with Gasteiger partial charge in [-0.2, -0.15) is 0 Å². The standard InChI is InChI=1S/C11H24B2O2/c1-5-9-11-13(8-4)14-10(6-2)12(7-3)15-11/h10-11H,5-9H2,1-4H3. The van der Waals surface area contributed by atoms with Crippen molar-refractivity contribution in [3.63, 3.8) is 0 Å². The summed E-state index contributed by atoms with van der Waals surface area (Å²) < 4.78 is 12.3. The molecule has 1 rings (SSSR count). The van der Waals surface area contributed by atoms with Gasteiger partial charge in [-0.15, -0.1) is 0 Å². The van der Waals surface area contributed by atoms with E-state index in [-0.39, 0.29) is 0 Å². The van der Waals surface area contributed by atoms with Gasteiger partial charge >= 0.3 is 13.8 Å². The first-order valence-electron chi connectivity index (χ1n) is 6.57. The van der Waals surface area contributed by atoms with E-state index in [1.807, 2.05) is 0 Å². The second-order valence-electron chi connectivity index (χ2n) is 4.44. The van der Waals surface area contributed by atoms with Gasteiger partial charge in [0.1, 0.15) is 0 Å². The Labute approximate surface area is 95.3 Å². The summed E-state index contributed by atoms with van der Waals surface area (Å²) in [7, 11) is 0. The zero-order valence-electron chi connectivity index (χ0n) is 10.7. The van der Waals surface area contributed by atoms with E-state index in [0.717, 1.165) is 25.5 Å². The molecule has 2 nitrogen and oxygen atoms in total. The van der Waals surface area contributed by atoms with Gasteiger partial charge in [0.25, 0.3) is 0 Å². The molecule has 1 heterocycles. The van der Waals surface area contributed by atoms with Gasteiger partial charge in [0.05, 0.1) is 0 Å². The molecule has 4 heteroatoms. The van der Waals surface area contributed by atoms with Crippen LogP contribution in [0.15, 0.2) is 0 Å². The summed E-state index contributed by atoms with van der Waals surface area (Å²) in [5.41, 5.74) is 0. The highest BCUT2D eigenvalue weighted by Gasteiger charge is 2.40. The molecular weight excluding hydrogens is 186 g/mol. The third-order valence-electron chi connectivity index (χ3n) is 3.31. The van der Waals surface area contributed by atoms with E-state index in [0.29, 0.717) is 25.8 Å². The van der Waals surface area contributed by atoms with Crippen LogP contribution in [0.25, 0.3) is 0 Å². The van der Waals surface area contributed by atoms with E-state index in [4.69, 9.17) is 9.31 Å². The molecule has 2 atom stereocenters. The van der Waals surface area contributed by atoms with Crippen molar-refractivity contribution in [2.24, 2.45) is 0 Å². The monoisotopic (exact) mass is 210 g/mol. The Bertz CT molecular complexity index is 178. The van der Waals surface area contributed by atoms with Crippen LogP contribution in [0, 0.1) is 0 Å². The fraction of sp³-hybridized carbons (Fsp3) is 1.00. The lowest BCUT2D eigenvalue weighted by molar-refractivity contribution is 0.133. The molecule has 0 aliphatic carbocycles. The lowest BCUT2D eigenvalue weighted by Gasteiger charge is -2.38. The maximum Gasteiger partial charge on any atom is 0.319 e. The van der Waals surface area contributed by atoms with E-state index in [9.17, 15) is 0 Å². The summed E-state index contributed by atoms with van der Waals surface area (Å²) in [6, 6.07) is 0.640. The van der Waals surface area contributed by atoms with Crippen LogP contribution in [0.3, 0.4) is 0 Å². The van der Waals surface area contributed by atoms with Gasteiger partial charge in [0.15, 0.2) is 0 Å². The van der Waals surface area contributed by atoms with E-state index in [1.54, 1.807) is 0 Å². The third-order valence-corrected chi connectivity index (χ3v) is 3.31. The molecule has 1 saturated heterocycles. The van der Waals surface area contributed by atoms with Crippen LogP contribution in [0.1, 0.15) is 47.0 Å². The molecule has 0 bridgehead atoms. The molecule has 0 saturated carbocycles. The van der Waals surface area contributed by atoms with Crippen molar-refractivity contribution in [2.45, 2.75) is 71.6 Å². The minimum absolute atomic E-state index is 0.313. The summed E-state index contributed by atoms with van der Waals surface area (Å²) >= 11 is 0. The average molecular weight is 210 g/mol. The average Bonchev–Trinajstić information content (AvgIpc) is 2.28. The summed E-state index contributed by atoms with van der Waals surface area (Å²) in [6.45, 7) is 9.40. The zero-order chi connectivity index (χ0) is 11.3. The number of hydrogen-bond acceptors (Lipinski definition) is 2. The van der Waals surface area contributed by atoms with E-state index >= 15 is 0 Å². The topological polar surface area (TPSA) is 18.5 Å². The quantitative estimate of drug-likeness (QED) is 0.649. The van der Waals surface area contributed by atoms with Crippen molar-refractivity contribution in [3.05, 3.63) is 0 Å². The Kier molecular flexibility index (Phi) is 5.77. The summed E-state index contributed by atoms with van der Waals surface area (Å²) in [5, 5.41) is 0. The summed E-state index contributed by atoms with van der Waals surface area (Å²) in [5.74, 6) is 0. The van der Waals surface area contributed by atoms with E-state index < -0.39 is 0 Å². The molecule has 0 amide bonds. The van der Waals surface area contributed by atoms with Crippen molar-refractivity contribution in [2.75, 3.05) is 0 Å². The lowest BCUT2D eigenvalue weighted by atomic mass is 9.49. The molecule has 0 aromatic heterocycles. The molecule has 0 radical (unpaired) electrons. The molecule has 1 fully saturated rings. The minimum atomic E-state index is 0.313. The van der Waals surface area contributed by atoms with Crippen molar-refractivity contribution >= 4 is 13.8 Å². The Balaban J connectivity index is 2.59. The smallest absolute Gasteiger partial charge is 0.319 e. The van der Waals surface area contributed by atoms with Gasteiger partial charge in [0, 0.05) is 12.0 Å². The SMILES string of the molecule is CCCC1OB(CC)C(CC)OB1CC. The first kappa shape index (κ1) is 13.1. The molecule has 0 aromatic carbocycles. The van der Waals surface area contributed by atoms with E-state index in [2.05, 4.69) is 27.7 Å². The fourth-order valence-electron chi connectivity index (χ4n) is 2.42. The fourth-order valence-corrected chi connectivity index (χ4v) is 2.42. The summed E-state index contributed by atoms with van der Waals surface area (Å²) in [6.07, 6.45) is 5.50. The maximum atomic E-state index is 6.16. The molecule has 2 unspecified atom stereocenters. The molecule has 0 aromatic rings. The first-order chi connectivity index (χ1) is 7.26. The van der Waals surface area contributed by atoms with Crippen molar-refractivity contribution < 1.29 is 9.31 Å². The number of hydrogen-bond donors (Lipinski definition) is 0. The van der Waals surface area contributed by atoms with Crippen molar-refractivity contribution in [1.82, 2.24) is 0 Å². The second kappa shape index (κ2) is 6.59. The van der Waals surface area contributed by atoms with Crippen LogP contribution < -0.4 is 0 Å². The van der Waals surface area contributed by atoms with Crippen LogP contribution in [0.4, 0.5) is 0 Å². The molecule has 15 heavy (non-hydrogen) atoms. The Morgan fingerprint density at radius 3 is 1.87 bits per heavy atom. The summed E-state index contributed by atoms with van der Waals surface area (Å²) in [4.78, 5) is 0. The highest BCUT2D eigenvalue weighted by molar-refractivity contribution is 6.62. The zero-order valence-corrected chi connectivity index (χ0v) is 10.7. The first-order valence-corrected chi connectivity index (χ1v) is 6.57. The Hall–Kier alpha value is 0.0499. The Morgan fingerprint density at radius 1 is 0.867 bits per heavy atom. The van der Waals surface area contributed by atoms with Crippen molar-refractivity contribution in [1.29, 1.82) is 0 Å². The van der Waals surface area contributed by atoms with Gasteiger partial charge < -0.3 is 9.31 Å². The molecule has 0 spiro atoms. The maximum absolute atomic E-state index is 6.16. The van der Waals surface area contributed by atoms with Crippen LogP contribution in [0.2, 0.25) is 12.6 Å². The molecule has 1 aliphatic heterocycles. The van der Waals surface area contributed by atoms with Gasteiger partial charge in [0.2, 0.25) is 0 Å². The lowest BCUT2D eigenvalue weighted by Crippen LogP contribution is -2.53. The normalized spacial score (nSPS) is 27.2. The Morgan fingerprint density at radius 2 is 1.40 bits per heavy atom. The van der Waals surface area contributed by atoms with Gasteiger partial charge in [-0.05, 0) is 25.5 Å². The number of rotatable bonds is 5. The van der Waals surface area contributed by atoms with Gasteiger partial charge in [-0.3, -0.25) is 0 Å². The third kappa shape index (κ3) is 3.25. The second-order valence-corrected chi connectivity index (χ2v) is 4.44.